The molecule has 0 saturated carbocycles. The fraction of sp³-hybridized carbons (Fsp3) is 0.444. The lowest BCUT2D eigenvalue weighted by atomic mass is 10.1. The summed E-state index contributed by atoms with van der Waals surface area (Å²) in [7, 11) is 0. The zero-order valence-electron chi connectivity index (χ0n) is 15.8. The molecule has 0 N–H and O–H groups in total. The van der Waals surface area contributed by atoms with Gasteiger partial charge in [-0.2, -0.15) is 22.7 Å². The monoisotopic (exact) mass is 412 g/mol. The molecule has 2 unspecified atom stereocenters. The molecule has 5 heterocycles. The second kappa shape index (κ2) is 7.65. The zero-order valence-corrected chi connectivity index (χ0v) is 16.7. The van der Waals surface area contributed by atoms with E-state index in [-0.39, 0.29) is 12.1 Å². The Morgan fingerprint density at radius 2 is 2.17 bits per heavy atom. The summed E-state index contributed by atoms with van der Waals surface area (Å²) in [5.41, 5.74) is 2.25. The highest BCUT2D eigenvalue weighted by atomic mass is 32.1. The third-order valence-corrected chi connectivity index (χ3v) is 5.55. The average Bonchev–Trinajstić information content (AvgIpc) is 3.39. The third kappa shape index (κ3) is 3.45. The van der Waals surface area contributed by atoms with Crippen LogP contribution in [0.2, 0.25) is 0 Å². The molecule has 5 rings (SSSR count). The Balaban J connectivity index is 1.52. The van der Waals surface area contributed by atoms with Crippen LogP contribution in [-0.4, -0.2) is 79.8 Å². The Hall–Kier alpha value is -2.63. The van der Waals surface area contributed by atoms with Gasteiger partial charge in [-0.05, 0) is 19.1 Å². The quantitative estimate of drug-likeness (QED) is 0.627. The van der Waals surface area contributed by atoms with Crippen molar-refractivity contribution in [2.75, 3.05) is 37.1 Å². The van der Waals surface area contributed by atoms with E-state index in [0.717, 1.165) is 29.1 Å². The van der Waals surface area contributed by atoms with Gasteiger partial charge in [0.1, 0.15) is 23.4 Å². The van der Waals surface area contributed by atoms with Crippen LogP contribution in [0.4, 0.5) is 5.82 Å². The van der Waals surface area contributed by atoms with Gasteiger partial charge in [-0.1, -0.05) is 5.16 Å². The molecule has 0 bridgehead atoms. The lowest BCUT2D eigenvalue weighted by Crippen LogP contribution is -2.55. The first kappa shape index (κ1) is 18.4. The summed E-state index contributed by atoms with van der Waals surface area (Å²) in [6.45, 7) is 4.51. The molecule has 29 heavy (non-hydrogen) atoms. The Kier molecular flexibility index (Phi) is 4.86. The highest BCUT2D eigenvalue weighted by Crippen LogP contribution is 2.26. The molecule has 0 amide bonds. The molecule has 150 valence electrons. The second-order valence-corrected chi connectivity index (χ2v) is 7.34. The molecule has 2 aliphatic heterocycles. The molecular weight excluding hydrogens is 392 g/mol. The van der Waals surface area contributed by atoms with Crippen molar-refractivity contribution < 1.29 is 9.26 Å². The number of rotatable bonds is 4. The second-order valence-electron chi connectivity index (χ2n) is 6.98. The summed E-state index contributed by atoms with van der Waals surface area (Å²) in [4.78, 5) is 19.7. The van der Waals surface area contributed by atoms with Gasteiger partial charge in [-0.3, -0.25) is 4.90 Å². The number of hydrogen-bond acceptors (Lipinski definition) is 11. The SMILES string of the molecule is Cc1noc(C2=NN(c3ccc4ncncc4n3)CC2N2CCOCC2CS)n1. The number of aryl methyl sites for hydroxylation is 1. The summed E-state index contributed by atoms with van der Waals surface area (Å²) in [5, 5.41) is 10.6. The van der Waals surface area contributed by atoms with Crippen molar-refractivity contribution in [3.05, 3.63) is 36.4 Å². The highest BCUT2D eigenvalue weighted by molar-refractivity contribution is 7.80. The lowest BCUT2D eigenvalue weighted by Gasteiger charge is -2.38. The van der Waals surface area contributed by atoms with Gasteiger partial charge in [0.15, 0.2) is 5.82 Å². The summed E-state index contributed by atoms with van der Waals surface area (Å²) in [6.07, 6.45) is 3.21. The van der Waals surface area contributed by atoms with Crippen molar-refractivity contribution in [2.45, 2.75) is 19.0 Å². The van der Waals surface area contributed by atoms with Crippen LogP contribution in [0.3, 0.4) is 0 Å². The van der Waals surface area contributed by atoms with Crippen LogP contribution in [0.25, 0.3) is 11.0 Å². The first-order chi connectivity index (χ1) is 14.2. The predicted molar refractivity (Wildman–Crippen MR) is 109 cm³/mol. The average molecular weight is 412 g/mol. The van der Waals surface area contributed by atoms with Gasteiger partial charge in [0.2, 0.25) is 0 Å². The van der Waals surface area contributed by atoms with Crippen LogP contribution in [0, 0.1) is 6.92 Å². The fourth-order valence-corrected chi connectivity index (χ4v) is 4.04. The van der Waals surface area contributed by atoms with Crippen molar-refractivity contribution in [1.29, 1.82) is 0 Å². The minimum atomic E-state index is -0.0274. The number of hydrogen-bond donors (Lipinski definition) is 1. The number of fused-ring (bicyclic) bond motifs is 1. The molecule has 0 aromatic carbocycles. The van der Waals surface area contributed by atoms with E-state index in [1.165, 1.54) is 6.33 Å². The van der Waals surface area contributed by atoms with E-state index in [4.69, 9.17) is 14.4 Å². The minimum absolute atomic E-state index is 0.0274. The number of ether oxygens (including phenoxy) is 1. The Morgan fingerprint density at radius 3 is 3.00 bits per heavy atom. The van der Waals surface area contributed by atoms with Gasteiger partial charge in [0, 0.05) is 18.3 Å². The zero-order chi connectivity index (χ0) is 19.8. The number of thiol groups is 1. The molecule has 10 nitrogen and oxygen atoms in total. The summed E-state index contributed by atoms with van der Waals surface area (Å²) < 4.78 is 11.1. The number of anilines is 1. The van der Waals surface area contributed by atoms with Crippen LogP contribution < -0.4 is 5.01 Å². The van der Waals surface area contributed by atoms with Gasteiger partial charge in [-0.25, -0.2) is 20.0 Å². The largest absolute Gasteiger partial charge is 0.378 e. The topological polar surface area (TPSA) is 106 Å². The fourth-order valence-electron chi connectivity index (χ4n) is 3.72. The summed E-state index contributed by atoms with van der Waals surface area (Å²) in [5.74, 6) is 2.43. The number of morpholine rings is 1. The number of nitrogens with zero attached hydrogens (tertiary/aromatic N) is 8. The van der Waals surface area contributed by atoms with Gasteiger partial charge < -0.3 is 9.26 Å². The minimum Gasteiger partial charge on any atom is -0.378 e. The standard InChI is InChI=1S/C18H20N8O2S/c1-11-21-18(28-24-11)17-15(25-4-5-27-8-12(25)9-29)7-26(23-17)16-3-2-13-14(22-16)6-19-10-20-13/h2-3,6,10,12,15,29H,4-5,7-9H2,1H3. The molecule has 3 aromatic heterocycles. The van der Waals surface area contributed by atoms with Gasteiger partial charge in [0.05, 0.1) is 37.5 Å². The summed E-state index contributed by atoms with van der Waals surface area (Å²) >= 11 is 4.52. The van der Waals surface area contributed by atoms with Crippen LogP contribution >= 0.6 is 12.6 Å². The van der Waals surface area contributed by atoms with Gasteiger partial charge in [0.25, 0.3) is 5.89 Å². The molecule has 2 atom stereocenters. The normalized spacial score (nSPS) is 23.0. The van der Waals surface area contributed by atoms with Gasteiger partial charge >= 0.3 is 0 Å². The van der Waals surface area contributed by atoms with E-state index in [2.05, 4.69) is 42.6 Å². The first-order valence-electron chi connectivity index (χ1n) is 9.41. The lowest BCUT2D eigenvalue weighted by molar-refractivity contribution is -0.00550. The predicted octanol–water partition coefficient (Wildman–Crippen LogP) is 0.940. The van der Waals surface area contributed by atoms with E-state index >= 15 is 0 Å². The number of aromatic nitrogens is 5. The summed E-state index contributed by atoms with van der Waals surface area (Å²) in [6, 6.07) is 3.99. The molecule has 1 saturated heterocycles. The smallest absolute Gasteiger partial charge is 0.275 e. The van der Waals surface area contributed by atoms with Crippen molar-refractivity contribution >= 4 is 35.2 Å². The number of hydrazone groups is 1. The highest BCUT2D eigenvalue weighted by Gasteiger charge is 2.40. The van der Waals surface area contributed by atoms with Crippen molar-refractivity contribution in [2.24, 2.45) is 5.10 Å². The van der Waals surface area contributed by atoms with Crippen molar-refractivity contribution in [3.63, 3.8) is 0 Å². The molecule has 0 radical (unpaired) electrons. The van der Waals surface area contributed by atoms with Crippen molar-refractivity contribution in [1.82, 2.24) is 30.0 Å². The number of pyridine rings is 1. The molecule has 0 spiro atoms. The maximum atomic E-state index is 5.65. The molecule has 11 heteroatoms. The first-order valence-corrected chi connectivity index (χ1v) is 10.0. The Morgan fingerprint density at radius 1 is 1.24 bits per heavy atom. The van der Waals surface area contributed by atoms with E-state index in [9.17, 15) is 0 Å². The van der Waals surface area contributed by atoms with E-state index in [0.29, 0.717) is 37.2 Å². The van der Waals surface area contributed by atoms with Crippen LogP contribution in [0.5, 0.6) is 0 Å². The van der Waals surface area contributed by atoms with Crippen LogP contribution in [0.1, 0.15) is 11.7 Å². The Bertz CT molecular complexity index is 1060. The molecular formula is C18H20N8O2S. The maximum absolute atomic E-state index is 5.65. The van der Waals surface area contributed by atoms with E-state index < -0.39 is 0 Å². The molecule has 0 aliphatic carbocycles. The van der Waals surface area contributed by atoms with E-state index in [1.807, 2.05) is 17.1 Å². The third-order valence-electron chi connectivity index (χ3n) is 5.13. The van der Waals surface area contributed by atoms with Crippen LogP contribution in [0.15, 0.2) is 34.3 Å². The maximum Gasteiger partial charge on any atom is 0.275 e. The van der Waals surface area contributed by atoms with Crippen LogP contribution in [-0.2, 0) is 4.74 Å². The van der Waals surface area contributed by atoms with E-state index in [1.54, 1.807) is 13.1 Å². The molecule has 1 fully saturated rings. The Labute approximate surface area is 172 Å². The van der Waals surface area contributed by atoms with Crippen molar-refractivity contribution in [3.8, 4) is 0 Å². The molecule has 2 aliphatic rings. The molecule has 3 aromatic rings. The van der Waals surface area contributed by atoms with Gasteiger partial charge in [-0.15, -0.1) is 0 Å².